The molecule has 1 aliphatic heterocycles. The van der Waals surface area contributed by atoms with E-state index in [0.29, 0.717) is 11.6 Å². The molecule has 3 rings (SSSR count). The van der Waals surface area contributed by atoms with Crippen LogP contribution in [-0.4, -0.2) is 41.9 Å². The normalized spacial score (nSPS) is 19.8. The van der Waals surface area contributed by atoms with Crippen molar-refractivity contribution in [3.63, 3.8) is 0 Å². The minimum absolute atomic E-state index is 0.550. The SMILES string of the molecule is Cc1noc2ncnc(N(C)CC3CCCOC3)c12. The van der Waals surface area contributed by atoms with Gasteiger partial charge in [-0.1, -0.05) is 5.16 Å². The van der Waals surface area contributed by atoms with E-state index in [1.807, 2.05) is 14.0 Å². The summed E-state index contributed by atoms with van der Waals surface area (Å²) in [5.41, 5.74) is 1.38. The minimum atomic E-state index is 0.550. The van der Waals surface area contributed by atoms with Crippen LogP contribution < -0.4 is 4.90 Å². The van der Waals surface area contributed by atoms with Gasteiger partial charge in [0.25, 0.3) is 5.71 Å². The summed E-state index contributed by atoms with van der Waals surface area (Å²) in [6.07, 6.45) is 3.88. The summed E-state index contributed by atoms with van der Waals surface area (Å²) < 4.78 is 10.7. The lowest BCUT2D eigenvalue weighted by atomic mass is 10.0. The fraction of sp³-hybridized carbons (Fsp3) is 0.615. The van der Waals surface area contributed by atoms with Gasteiger partial charge in [0.1, 0.15) is 17.5 Å². The van der Waals surface area contributed by atoms with Crippen molar-refractivity contribution < 1.29 is 9.26 Å². The van der Waals surface area contributed by atoms with Crippen LogP contribution >= 0.6 is 0 Å². The second kappa shape index (κ2) is 5.13. The highest BCUT2D eigenvalue weighted by molar-refractivity contribution is 5.87. The van der Waals surface area contributed by atoms with Crippen molar-refractivity contribution >= 4 is 16.9 Å². The number of anilines is 1. The molecule has 0 bridgehead atoms. The van der Waals surface area contributed by atoms with Gasteiger partial charge in [-0.2, -0.15) is 4.98 Å². The Morgan fingerprint density at radius 3 is 3.11 bits per heavy atom. The van der Waals surface area contributed by atoms with E-state index in [-0.39, 0.29) is 0 Å². The summed E-state index contributed by atoms with van der Waals surface area (Å²) in [5, 5.41) is 4.86. The second-order valence-electron chi connectivity index (χ2n) is 5.11. The molecule has 0 saturated carbocycles. The largest absolute Gasteiger partial charge is 0.381 e. The first-order valence-electron chi connectivity index (χ1n) is 6.61. The molecule has 19 heavy (non-hydrogen) atoms. The molecule has 3 heterocycles. The zero-order chi connectivity index (χ0) is 13.2. The fourth-order valence-electron chi connectivity index (χ4n) is 2.62. The Labute approximate surface area is 111 Å². The Bertz CT molecular complexity index is 563. The van der Waals surface area contributed by atoms with Crippen LogP contribution in [0.25, 0.3) is 11.1 Å². The van der Waals surface area contributed by atoms with Crippen LogP contribution in [0.1, 0.15) is 18.5 Å². The first-order valence-corrected chi connectivity index (χ1v) is 6.61. The maximum atomic E-state index is 5.52. The van der Waals surface area contributed by atoms with Gasteiger partial charge in [-0.05, 0) is 25.7 Å². The highest BCUT2D eigenvalue weighted by Crippen LogP contribution is 2.26. The van der Waals surface area contributed by atoms with E-state index < -0.39 is 0 Å². The average molecular weight is 262 g/mol. The number of fused-ring (bicyclic) bond motifs is 1. The third kappa shape index (κ3) is 2.40. The lowest BCUT2D eigenvalue weighted by Gasteiger charge is -2.27. The number of aryl methyl sites for hydroxylation is 1. The lowest BCUT2D eigenvalue weighted by molar-refractivity contribution is 0.0576. The Balaban J connectivity index is 1.84. The summed E-state index contributed by atoms with van der Waals surface area (Å²) >= 11 is 0. The zero-order valence-electron chi connectivity index (χ0n) is 11.3. The molecule has 2 aromatic rings. The van der Waals surface area contributed by atoms with Crippen LogP contribution in [0.2, 0.25) is 0 Å². The molecular formula is C13H18N4O2. The quantitative estimate of drug-likeness (QED) is 0.840. The number of hydrogen-bond acceptors (Lipinski definition) is 6. The predicted octanol–water partition coefficient (Wildman–Crippen LogP) is 1.79. The molecule has 0 N–H and O–H groups in total. The van der Waals surface area contributed by atoms with E-state index in [1.165, 1.54) is 12.7 Å². The Hall–Kier alpha value is -1.69. The summed E-state index contributed by atoms with van der Waals surface area (Å²) in [6, 6.07) is 0. The van der Waals surface area contributed by atoms with Crippen molar-refractivity contribution in [1.82, 2.24) is 15.1 Å². The van der Waals surface area contributed by atoms with Gasteiger partial charge in [0.05, 0.1) is 12.3 Å². The van der Waals surface area contributed by atoms with Gasteiger partial charge in [-0.15, -0.1) is 0 Å². The third-order valence-electron chi connectivity index (χ3n) is 3.57. The van der Waals surface area contributed by atoms with Crippen molar-refractivity contribution in [3.8, 4) is 0 Å². The highest BCUT2D eigenvalue weighted by atomic mass is 16.5. The molecule has 6 heteroatoms. The topological polar surface area (TPSA) is 64.3 Å². The van der Waals surface area contributed by atoms with Crippen LogP contribution in [0.15, 0.2) is 10.9 Å². The van der Waals surface area contributed by atoms with Crippen LogP contribution in [-0.2, 0) is 4.74 Å². The van der Waals surface area contributed by atoms with Gasteiger partial charge in [0.15, 0.2) is 0 Å². The number of ether oxygens (including phenoxy) is 1. The summed E-state index contributed by atoms with van der Waals surface area (Å²) in [5.74, 6) is 1.44. The van der Waals surface area contributed by atoms with Crippen molar-refractivity contribution in [3.05, 3.63) is 12.0 Å². The fourth-order valence-corrected chi connectivity index (χ4v) is 2.62. The Kier molecular flexibility index (Phi) is 3.33. The Morgan fingerprint density at radius 1 is 1.42 bits per heavy atom. The molecule has 0 aromatic carbocycles. The minimum Gasteiger partial charge on any atom is -0.381 e. The molecule has 102 valence electrons. The number of rotatable bonds is 3. The molecule has 0 aliphatic carbocycles. The highest BCUT2D eigenvalue weighted by Gasteiger charge is 2.20. The first kappa shape index (κ1) is 12.3. The summed E-state index contributed by atoms with van der Waals surface area (Å²) in [7, 11) is 2.04. The van der Waals surface area contributed by atoms with Crippen LogP contribution in [0.5, 0.6) is 0 Å². The smallest absolute Gasteiger partial charge is 0.263 e. The van der Waals surface area contributed by atoms with Crippen LogP contribution in [0.3, 0.4) is 0 Å². The number of aromatic nitrogens is 3. The second-order valence-corrected chi connectivity index (χ2v) is 5.11. The third-order valence-corrected chi connectivity index (χ3v) is 3.57. The van der Waals surface area contributed by atoms with Crippen molar-refractivity contribution in [2.45, 2.75) is 19.8 Å². The molecule has 6 nitrogen and oxygen atoms in total. The molecule has 0 spiro atoms. The van der Waals surface area contributed by atoms with Crippen molar-refractivity contribution in [2.75, 3.05) is 31.7 Å². The number of nitrogens with zero attached hydrogens (tertiary/aromatic N) is 4. The standard InChI is InChI=1S/C13H18N4O2/c1-9-11-12(14-8-15-13(11)19-16-9)17(2)6-10-4-3-5-18-7-10/h8,10H,3-7H2,1-2H3. The van der Waals surface area contributed by atoms with E-state index in [4.69, 9.17) is 9.26 Å². The molecule has 0 radical (unpaired) electrons. The summed E-state index contributed by atoms with van der Waals surface area (Å²) in [6.45, 7) is 4.57. The molecule has 1 atom stereocenters. The van der Waals surface area contributed by atoms with Crippen molar-refractivity contribution in [2.24, 2.45) is 5.92 Å². The van der Waals surface area contributed by atoms with Gasteiger partial charge in [0, 0.05) is 20.2 Å². The zero-order valence-corrected chi connectivity index (χ0v) is 11.3. The van der Waals surface area contributed by atoms with E-state index in [1.54, 1.807) is 0 Å². The van der Waals surface area contributed by atoms with E-state index >= 15 is 0 Å². The van der Waals surface area contributed by atoms with Gasteiger partial charge < -0.3 is 14.2 Å². The predicted molar refractivity (Wildman–Crippen MR) is 71.1 cm³/mol. The van der Waals surface area contributed by atoms with Crippen LogP contribution in [0, 0.1) is 12.8 Å². The number of hydrogen-bond donors (Lipinski definition) is 0. The monoisotopic (exact) mass is 262 g/mol. The Morgan fingerprint density at radius 2 is 2.32 bits per heavy atom. The van der Waals surface area contributed by atoms with Gasteiger partial charge in [-0.3, -0.25) is 0 Å². The van der Waals surface area contributed by atoms with Gasteiger partial charge in [-0.25, -0.2) is 4.98 Å². The van der Waals surface area contributed by atoms with E-state index in [2.05, 4.69) is 20.0 Å². The maximum absolute atomic E-state index is 5.52. The van der Waals surface area contributed by atoms with E-state index in [0.717, 1.165) is 43.1 Å². The molecular weight excluding hydrogens is 244 g/mol. The van der Waals surface area contributed by atoms with Gasteiger partial charge in [0.2, 0.25) is 0 Å². The first-order chi connectivity index (χ1) is 9.25. The molecule has 1 fully saturated rings. The maximum Gasteiger partial charge on any atom is 0.263 e. The lowest BCUT2D eigenvalue weighted by Crippen LogP contribution is -2.31. The van der Waals surface area contributed by atoms with Gasteiger partial charge >= 0.3 is 0 Å². The van der Waals surface area contributed by atoms with Crippen LogP contribution in [0.4, 0.5) is 5.82 Å². The molecule has 2 aromatic heterocycles. The molecule has 1 unspecified atom stereocenters. The van der Waals surface area contributed by atoms with E-state index in [9.17, 15) is 0 Å². The summed E-state index contributed by atoms with van der Waals surface area (Å²) in [4.78, 5) is 10.6. The average Bonchev–Trinajstić information content (AvgIpc) is 2.82. The molecule has 1 aliphatic rings. The van der Waals surface area contributed by atoms with Crippen molar-refractivity contribution in [1.29, 1.82) is 0 Å². The molecule has 0 amide bonds. The molecule has 1 saturated heterocycles.